The summed E-state index contributed by atoms with van der Waals surface area (Å²) in [5, 5.41) is 4.59. The molecule has 2 aliphatic rings. The second kappa shape index (κ2) is 6.20. The molecule has 0 aliphatic carbocycles. The molecule has 0 saturated heterocycles. The van der Waals surface area contributed by atoms with E-state index in [0.29, 0.717) is 19.7 Å². The summed E-state index contributed by atoms with van der Waals surface area (Å²) in [6.45, 7) is 8.58. The van der Waals surface area contributed by atoms with Crippen LogP contribution in [0.4, 0.5) is 10.5 Å². The fraction of sp³-hybridized carbons (Fsp3) is 0.588. The van der Waals surface area contributed by atoms with Gasteiger partial charge in [0, 0.05) is 24.9 Å². The van der Waals surface area contributed by atoms with Crippen molar-refractivity contribution in [2.75, 3.05) is 31.6 Å². The first-order valence-electron chi connectivity index (χ1n) is 8.14. The van der Waals surface area contributed by atoms with E-state index < -0.39 is 5.60 Å². The van der Waals surface area contributed by atoms with Crippen molar-refractivity contribution in [3.05, 3.63) is 17.2 Å². The van der Waals surface area contributed by atoms with Gasteiger partial charge in [-0.15, -0.1) is 9.24 Å². The number of hydrogen-bond acceptors (Lipinski definition) is 4. The minimum absolute atomic E-state index is 0.227. The Morgan fingerprint density at radius 1 is 1.35 bits per heavy atom. The molecule has 1 aromatic rings. The molecule has 2 aliphatic heterocycles. The summed E-state index contributed by atoms with van der Waals surface area (Å²) in [7, 11) is 2.84. The summed E-state index contributed by atoms with van der Waals surface area (Å²) in [6.07, 6.45) is 1.43. The number of carbonyl (C=O) groups excluding carboxylic acids is 1. The summed E-state index contributed by atoms with van der Waals surface area (Å²) >= 11 is 0. The summed E-state index contributed by atoms with van der Waals surface area (Å²) in [5.41, 5.74) is 3.19. The molecule has 3 rings (SSSR count). The normalized spacial score (nSPS) is 17.3. The van der Waals surface area contributed by atoms with Gasteiger partial charge in [-0.1, -0.05) is 0 Å². The Labute approximate surface area is 139 Å². The Morgan fingerprint density at radius 3 is 2.83 bits per heavy atom. The molecule has 1 unspecified atom stereocenters. The molecule has 5 nitrogen and oxygen atoms in total. The zero-order valence-electron chi connectivity index (χ0n) is 14.1. The standard InChI is InChI=1S/C17H25N2O3P/c1-17(2,3)22-16(20)19-7-4-11-10-13-14(18-6-9-21-13)15(23)12(11)5-8-19/h10,18H,4-9,23H2,1-3H3. The monoisotopic (exact) mass is 336 g/mol. The second-order valence-corrected chi connectivity index (χ2v) is 7.62. The van der Waals surface area contributed by atoms with Crippen LogP contribution >= 0.6 is 9.24 Å². The predicted molar refractivity (Wildman–Crippen MR) is 95.0 cm³/mol. The van der Waals surface area contributed by atoms with Crippen LogP contribution in [0, 0.1) is 0 Å². The average molecular weight is 336 g/mol. The maximum atomic E-state index is 12.3. The van der Waals surface area contributed by atoms with E-state index in [1.807, 2.05) is 25.7 Å². The molecule has 1 amide bonds. The number of nitrogens with one attached hydrogen (secondary N) is 1. The number of benzene rings is 1. The van der Waals surface area contributed by atoms with Crippen LogP contribution < -0.4 is 15.4 Å². The molecule has 1 N–H and O–H groups in total. The molecule has 1 aromatic carbocycles. The van der Waals surface area contributed by atoms with Gasteiger partial charge in [-0.05, 0) is 50.8 Å². The minimum atomic E-state index is -0.459. The van der Waals surface area contributed by atoms with Gasteiger partial charge in [0.15, 0.2) is 0 Å². The SMILES string of the molecule is CC(C)(C)OC(=O)N1CCc2cc3c(c(P)c2CC1)NCCO3. The first-order valence-corrected chi connectivity index (χ1v) is 8.72. The lowest BCUT2D eigenvalue weighted by molar-refractivity contribution is 0.0258. The topological polar surface area (TPSA) is 50.8 Å². The van der Waals surface area contributed by atoms with Gasteiger partial charge in [-0.3, -0.25) is 0 Å². The summed E-state index contributed by atoms with van der Waals surface area (Å²) < 4.78 is 11.3. The fourth-order valence-corrected chi connectivity index (χ4v) is 3.62. The summed E-state index contributed by atoms with van der Waals surface area (Å²) in [5.74, 6) is 0.922. The number of hydrogen-bond donors (Lipinski definition) is 1. The van der Waals surface area contributed by atoms with E-state index in [2.05, 4.69) is 20.6 Å². The summed E-state index contributed by atoms with van der Waals surface area (Å²) in [4.78, 5) is 14.1. The number of anilines is 1. The Kier molecular flexibility index (Phi) is 4.41. The van der Waals surface area contributed by atoms with E-state index in [0.717, 1.165) is 30.8 Å². The summed E-state index contributed by atoms with van der Waals surface area (Å²) in [6, 6.07) is 2.13. The lowest BCUT2D eigenvalue weighted by atomic mass is 10.0. The molecule has 1 atom stereocenters. The van der Waals surface area contributed by atoms with Crippen LogP contribution in [0.15, 0.2) is 6.07 Å². The highest BCUT2D eigenvalue weighted by Crippen LogP contribution is 2.32. The fourth-order valence-electron chi connectivity index (χ4n) is 3.05. The molecule has 126 valence electrons. The first kappa shape index (κ1) is 16.4. The molecule has 0 fully saturated rings. The van der Waals surface area contributed by atoms with Gasteiger partial charge in [0.05, 0.1) is 5.69 Å². The molecule has 6 heteroatoms. The van der Waals surface area contributed by atoms with Crippen LogP contribution in [0.2, 0.25) is 0 Å². The Bertz CT molecular complexity index is 625. The molecule has 0 radical (unpaired) electrons. The van der Waals surface area contributed by atoms with E-state index in [-0.39, 0.29) is 6.09 Å². The van der Waals surface area contributed by atoms with Crippen molar-refractivity contribution < 1.29 is 14.3 Å². The first-order chi connectivity index (χ1) is 10.8. The minimum Gasteiger partial charge on any atom is -0.490 e. The number of nitrogens with zero attached hydrogens (tertiary/aromatic N) is 1. The second-order valence-electron chi connectivity index (χ2n) is 7.04. The van der Waals surface area contributed by atoms with Crippen molar-refractivity contribution in [1.82, 2.24) is 4.90 Å². The lowest BCUT2D eigenvalue weighted by Crippen LogP contribution is -2.38. The van der Waals surface area contributed by atoms with Crippen molar-refractivity contribution in [3.8, 4) is 5.75 Å². The van der Waals surface area contributed by atoms with Gasteiger partial charge in [0.1, 0.15) is 18.0 Å². The van der Waals surface area contributed by atoms with Crippen molar-refractivity contribution in [3.63, 3.8) is 0 Å². The van der Waals surface area contributed by atoms with Crippen molar-refractivity contribution >= 4 is 26.3 Å². The highest BCUT2D eigenvalue weighted by atomic mass is 31.0. The van der Waals surface area contributed by atoms with E-state index in [4.69, 9.17) is 9.47 Å². The zero-order valence-corrected chi connectivity index (χ0v) is 15.2. The van der Waals surface area contributed by atoms with Gasteiger partial charge in [-0.2, -0.15) is 0 Å². The quantitative estimate of drug-likeness (QED) is 0.739. The van der Waals surface area contributed by atoms with Crippen LogP contribution in [0.5, 0.6) is 5.75 Å². The third kappa shape index (κ3) is 3.55. The molecule has 0 saturated carbocycles. The maximum Gasteiger partial charge on any atom is 0.410 e. The smallest absolute Gasteiger partial charge is 0.410 e. The molecular formula is C17H25N2O3P. The van der Waals surface area contributed by atoms with Gasteiger partial charge < -0.3 is 19.7 Å². The van der Waals surface area contributed by atoms with E-state index >= 15 is 0 Å². The van der Waals surface area contributed by atoms with Gasteiger partial charge in [-0.25, -0.2) is 4.79 Å². The molecule has 0 aromatic heterocycles. The predicted octanol–water partition coefficient (Wildman–Crippen LogP) is 2.33. The van der Waals surface area contributed by atoms with Crippen molar-refractivity contribution in [2.24, 2.45) is 0 Å². The number of amides is 1. The number of rotatable bonds is 0. The number of ether oxygens (including phenoxy) is 2. The van der Waals surface area contributed by atoms with Crippen molar-refractivity contribution in [2.45, 2.75) is 39.2 Å². The van der Waals surface area contributed by atoms with Crippen molar-refractivity contribution in [1.29, 1.82) is 0 Å². The highest BCUT2D eigenvalue weighted by Gasteiger charge is 2.26. The lowest BCUT2D eigenvalue weighted by Gasteiger charge is -2.26. The zero-order chi connectivity index (χ0) is 16.6. The van der Waals surface area contributed by atoms with Crippen LogP contribution in [0.3, 0.4) is 0 Å². The number of carbonyl (C=O) groups is 1. The molecule has 0 bridgehead atoms. The molecule has 2 heterocycles. The Balaban J connectivity index is 1.80. The largest absolute Gasteiger partial charge is 0.490 e. The molecule has 0 spiro atoms. The third-order valence-corrected chi connectivity index (χ3v) is 4.77. The number of fused-ring (bicyclic) bond motifs is 2. The molecule has 23 heavy (non-hydrogen) atoms. The van der Waals surface area contributed by atoms with E-state index in [1.165, 1.54) is 16.4 Å². The highest BCUT2D eigenvalue weighted by molar-refractivity contribution is 7.28. The van der Waals surface area contributed by atoms with Crippen LogP contribution in [0.1, 0.15) is 31.9 Å². The van der Waals surface area contributed by atoms with Gasteiger partial charge in [0.2, 0.25) is 0 Å². The van der Waals surface area contributed by atoms with Crippen LogP contribution in [0.25, 0.3) is 0 Å². The van der Waals surface area contributed by atoms with Crippen LogP contribution in [-0.2, 0) is 17.6 Å². The van der Waals surface area contributed by atoms with Crippen LogP contribution in [-0.4, -0.2) is 42.8 Å². The van der Waals surface area contributed by atoms with E-state index in [9.17, 15) is 4.79 Å². The molecular weight excluding hydrogens is 311 g/mol. The Hall–Kier alpha value is -1.48. The Morgan fingerprint density at radius 2 is 2.09 bits per heavy atom. The maximum absolute atomic E-state index is 12.3. The van der Waals surface area contributed by atoms with Gasteiger partial charge in [0.25, 0.3) is 0 Å². The van der Waals surface area contributed by atoms with E-state index in [1.54, 1.807) is 0 Å². The van der Waals surface area contributed by atoms with Gasteiger partial charge >= 0.3 is 6.09 Å². The average Bonchev–Trinajstić information content (AvgIpc) is 2.68. The third-order valence-electron chi connectivity index (χ3n) is 4.13.